The third-order valence-corrected chi connectivity index (χ3v) is 5.79. The zero-order chi connectivity index (χ0) is 22.8. The average molecular weight is 429 g/mol. The SMILES string of the molecule is CC(=O)N1c2ccccc2[C@H](N(C(=O)c2ccc([N+](=O)[O-])cc2)c2ccccc2)C[C@@H]1C. The molecular formula is C25H23N3O4. The highest BCUT2D eigenvalue weighted by molar-refractivity contribution is 6.07. The lowest BCUT2D eigenvalue weighted by Gasteiger charge is -2.43. The van der Waals surface area contributed by atoms with E-state index in [0.29, 0.717) is 12.0 Å². The molecule has 1 aliphatic heterocycles. The van der Waals surface area contributed by atoms with E-state index in [0.717, 1.165) is 16.9 Å². The Morgan fingerprint density at radius 1 is 0.969 bits per heavy atom. The number of amides is 2. The van der Waals surface area contributed by atoms with Crippen molar-refractivity contribution in [1.29, 1.82) is 0 Å². The number of nitro benzene ring substituents is 1. The minimum Gasteiger partial charge on any atom is -0.309 e. The molecule has 0 fully saturated rings. The molecule has 4 rings (SSSR count). The Bertz CT molecular complexity index is 1160. The zero-order valence-electron chi connectivity index (χ0n) is 17.8. The van der Waals surface area contributed by atoms with Gasteiger partial charge in [-0.05, 0) is 49.2 Å². The van der Waals surface area contributed by atoms with Crippen LogP contribution in [0.5, 0.6) is 0 Å². The fraction of sp³-hybridized carbons (Fsp3) is 0.200. The Labute approximate surface area is 186 Å². The number of para-hydroxylation sites is 2. The fourth-order valence-corrected chi connectivity index (χ4v) is 4.40. The summed E-state index contributed by atoms with van der Waals surface area (Å²) in [4.78, 5) is 40.1. The van der Waals surface area contributed by atoms with Crippen LogP contribution < -0.4 is 9.80 Å². The number of non-ortho nitro benzene ring substituents is 1. The molecule has 1 heterocycles. The zero-order valence-corrected chi connectivity index (χ0v) is 17.8. The lowest BCUT2D eigenvalue weighted by molar-refractivity contribution is -0.384. The van der Waals surface area contributed by atoms with Crippen LogP contribution in [0.15, 0.2) is 78.9 Å². The summed E-state index contributed by atoms with van der Waals surface area (Å²) in [5.41, 5.74) is 2.69. The van der Waals surface area contributed by atoms with E-state index in [9.17, 15) is 19.7 Å². The molecule has 0 aromatic heterocycles. The molecule has 162 valence electrons. The highest BCUT2D eigenvalue weighted by Crippen LogP contribution is 2.42. The number of carbonyl (C=O) groups excluding carboxylic acids is 2. The maximum Gasteiger partial charge on any atom is 0.269 e. The quantitative estimate of drug-likeness (QED) is 0.425. The van der Waals surface area contributed by atoms with Gasteiger partial charge in [0.2, 0.25) is 5.91 Å². The van der Waals surface area contributed by atoms with Crippen molar-refractivity contribution in [2.24, 2.45) is 0 Å². The first kappa shape index (κ1) is 21.2. The van der Waals surface area contributed by atoms with E-state index in [4.69, 9.17) is 0 Å². The van der Waals surface area contributed by atoms with Crippen LogP contribution in [0.1, 0.15) is 42.2 Å². The van der Waals surface area contributed by atoms with Crippen molar-refractivity contribution in [2.75, 3.05) is 9.80 Å². The molecule has 0 radical (unpaired) electrons. The van der Waals surface area contributed by atoms with E-state index in [1.807, 2.05) is 61.5 Å². The van der Waals surface area contributed by atoms with Gasteiger partial charge in [-0.25, -0.2) is 0 Å². The third kappa shape index (κ3) is 3.85. The predicted octanol–water partition coefficient (Wildman–Crippen LogP) is 5.13. The highest BCUT2D eigenvalue weighted by atomic mass is 16.6. The van der Waals surface area contributed by atoms with Gasteiger partial charge in [0.15, 0.2) is 0 Å². The molecule has 32 heavy (non-hydrogen) atoms. The number of hydrogen-bond donors (Lipinski definition) is 0. The van der Waals surface area contributed by atoms with E-state index < -0.39 is 4.92 Å². The van der Waals surface area contributed by atoms with Gasteiger partial charge in [0.25, 0.3) is 11.6 Å². The van der Waals surface area contributed by atoms with Gasteiger partial charge in [-0.15, -0.1) is 0 Å². The summed E-state index contributed by atoms with van der Waals surface area (Å²) in [6.45, 7) is 3.52. The third-order valence-electron chi connectivity index (χ3n) is 5.79. The topological polar surface area (TPSA) is 83.8 Å². The molecule has 0 spiro atoms. The number of benzene rings is 3. The van der Waals surface area contributed by atoms with Crippen LogP contribution >= 0.6 is 0 Å². The molecule has 2 atom stereocenters. The minimum absolute atomic E-state index is 0.0450. The lowest BCUT2D eigenvalue weighted by atomic mass is 9.89. The maximum atomic E-state index is 13.7. The number of rotatable bonds is 4. The van der Waals surface area contributed by atoms with E-state index in [2.05, 4.69) is 0 Å². The Kier molecular flexibility index (Phi) is 5.73. The second kappa shape index (κ2) is 8.63. The first-order chi connectivity index (χ1) is 15.4. The summed E-state index contributed by atoms with van der Waals surface area (Å²) in [6, 6.07) is 22.2. The van der Waals surface area contributed by atoms with Gasteiger partial charge in [-0.2, -0.15) is 0 Å². The van der Waals surface area contributed by atoms with Crippen molar-refractivity contribution >= 4 is 28.9 Å². The Hall–Kier alpha value is -4.00. The van der Waals surface area contributed by atoms with Crippen molar-refractivity contribution in [3.05, 3.63) is 100 Å². The Morgan fingerprint density at radius 3 is 2.22 bits per heavy atom. The molecule has 7 nitrogen and oxygen atoms in total. The van der Waals surface area contributed by atoms with E-state index in [1.54, 1.807) is 16.7 Å². The molecule has 3 aromatic carbocycles. The van der Waals surface area contributed by atoms with Gasteiger partial charge in [0.1, 0.15) is 0 Å². The van der Waals surface area contributed by atoms with Crippen LogP contribution in [-0.2, 0) is 4.79 Å². The molecular weight excluding hydrogens is 406 g/mol. The summed E-state index contributed by atoms with van der Waals surface area (Å²) in [7, 11) is 0. The Balaban J connectivity index is 1.83. The summed E-state index contributed by atoms with van der Waals surface area (Å²) in [6.07, 6.45) is 0.560. The molecule has 7 heteroatoms. The normalized spacial score (nSPS) is 17.4. The van der Waals surface area contributed by atoms with Gasteiger partial charge in [-0.3, -0.25) is 19.7 Å². The maximum absolute atomic E-state index is 13.7. The first-order valence-corrected chi connectivity index (χ1v) is 10.4. The van der Waals surface area contributed by atoms with E-state index in [1.165, 1.54) is 24.3 Å². The van der Waals surface area contributed by atoms with Crippen molar-refractivity contribution in [3.8, 4) is 0 Å². The molecule has 0 bridgehead atoms. The summed E-state index contributed by atoms with van der Waals surface area (Å²) in [5.74, 6) is -0.300. The lowest BCUT2D eigenvalue weighted by Crippen LogP contribution is -2.47. The number of nitrogens with zero attached hydrogens (tertiary/aromatic N) is 3. The second-order valence-corrected chi connectivity index (χ2v) is 7.86. The van der Waals surface area contributed by atoms with Crippen LogP contribution in [0.2, 0.25) is 0 Å². The monoisotopic (exact) mass is 429 g/mol. The standard InChI is InChI=1S/C25H23N3O4/c1-17-16-24(22-10-6-7-11-23(22)26(17)18(2)29)27(20-8-4-3-5-9-20)25(30)19-12-14-21(15-13-19)28(31)32/h3-15,17,24H,16H2,1-2H3/t17-,24+/m0/s1. The van der Waals surface area contributed by atoms with Crippen LogP contribution in [0, 0.1) is 10.1 Å². The number of carbonyl (C=O) groups is 2. The minimum atomic E-state index is -0.487. The molecule has 0 saturated carbocycles. The van der Waals surface area contributed by atoms with E-state index >= 15 is 0 Å². The van der Waals surface area contributed by atoms with Gasteiger partial charge < -0.3 is 9.80 Å². The molecule has 0 N–H and O–H groups in total. The molecule has 0 saturated heterocycles. The van der Waals surface area contributed by atoms with Crippen LogP contribution in [0.3, 0.4) is 0 Å². The molecule has 0 unspecified atom stereocenters. The molecule has 3 aromatic rings. The predicted molar refractivity (Wildman–Crippen MR) is 123 cm³/mol. The first-order valence-electron chi connectivity index (χ1n) is 10.4. The van der Waals surface area contributed by atoms with Gasteiger partial charge in [0.05, 0.1) is 11.0 Å². The van der Waals surface area contributed by atoms with E-state index in [-0.39, 0.29) is 29.6 Å². The average Bonchev–Trinajstić information content (AvgIpc) is 2.79. The second-order valence-electron chi connectivity index (χ2n) is 7.86. The smallest absolute Gasteiger partial charge is 0.269 e. The highest BCUT2D eigenvalue weighted by Gasteiger charge is 2.38. The number of anilines is 2. The van der Waals surface area contributed by atoms with Crippen molar-refractivity contribution in [2.45, 2.75) is 32.4 Å². The number of fused-ring (bicyclic) bond motifs is 1. The Morgan fingerprint density at radius 2 is 1.59 bits per heavy atom. The fourth-order valence-electron chi connectivity index (χ4n) is 4.40. The summed E-state index contributed by atoms with van der Waals surface area (Å²) >= 11 is 0. The number of nitro groups is 1. The number of hydrogen-bond acceptors (Lipinski definition) is 4. The van der Waals surface area contributed by atoms with Crippen molar-refractivity contribution in [1.82, 2.24) is 0 Å². The van der Waals surface area contributed by atoms with Crippen LogP contribution in [-0.4, -0.2) is 22.8 Å². The molecule has 1 aliphatic rings. The molecule has 2 amide bonds. The van der Waals surface area contributed by atoms with Gasteiger partial charge >= 0.3 is 0 Å². The largest absolute Gasteiger partial charge is 0.309 e. The van der Waals surface area contributed by atoms with Crippen molar-refractivity contribution in [3.63, 3.8) is 0 Å². The molecule has 0 aliphatic carbocycles. The summed E-state index contributed by atoms with van der Waals surface area (Å²) in [5, 5.41) is 11.0. The summed E-state index contributed by atoms with van der Waals surface area (Å²) < 4.78 is 0. The van der Waals surface area contributed by atoms with Gasteiger partial charge in [0, 0.05) is 42.0 Å². The van der Waals surface area contributed by atoms with Crippen molar-refractivity contribution < 1.29 is 14.5 Å². The van der Waals surface area contributed by atoms with Crippen LogP contribution in [0.25, 0.3) is 0 Å². The van der Waals surface area contributed by atoms with Gasteiger partial charge in [-0.1, -0.05) is 36.4 Å². The van der Waals surface area contributed by atoms with Crippen LogP contribution in [0.4, 0.5) is 17.1 Å².